The summed E-state index contributed by atoms with van der Waals surface area (Å²) < 4.78 is 5.62. The maximum absolute atomic E-state index is 10.1. The van der Waals surface area contributed by atoms with E-state index in [0.717, 1.165) is 5.56 Å². The lowest BCUT2D eigenvalue weighted by atomic mass is 9.98. The molecule has 1 atom stereocenters. The topological polar surface area (TPSA) is 82.8 Å². The Bertz CT molecular complexity index is 654. The quantitative estimate of drug-likeness (QED) is 0.730. The van der Waals surface area contributed by atoms with E-state index in [1.807, 2.05) is 0 Å². The molecule has 3 N–H and O–H groups in total. The van der Waals surface area contributed by atoms with Crippen LogP contribution in [0.4, 0.5) is 0 Å². The van der Waals surface area contributed by atoms with Gasteiger partial charge in [0.25, 0.3) is 0 Å². The number of fused-ring (bicyclic) bond motifs is 1. The SMILES string of the molecule is Cc1ncc2c(c1O)[C@@H](c1ccc(O)cc1O)OC2. The standard InChI is InChI=1S/C14H13NO4/c1-7-13(18)12-8(5-15-7)6-19-14(12)10-3-2-9(16)4-11(10)17/h2-5,14,16-18H,6H2,1H3/t14-/m1/s1. The first-order chi connectivity index (χ1) is 9.08. The van der Waals surface area contributed by atoms with Gasteiger partial charge in [0.15, 0.2) is 0 Å². The van der Waals surface area contributed by atoms with Crippen LogP contribution in [0.15, 0.2) is 24.4 Å². The number of phenolic OH excluding ortho intramolecular Hbond substituents is 2. The first kappa shape index (κ1) is 11.8. The molecule has 0 amide bonds. The van der Waals surface area contributed by atoms with Gasteiger partial charge in [-0.1, -0.05) is 0 Å². The van der Waals surface area contributed by atoms with Gasteiger partial charge < -0.3 is 20.1 Å². The average molecular weight is 259 g/mol. The van der Waals surface area contributed by atoms with Gasteiger partial charge in [0.1, 0.15) is 23.4 Å². The number of benzene rings is 1. The van der Waals surface area contributed by atoms with E-state index >= 15 is 0 Å². The zero-order chi connectivity index (χ0) is 13.6. The maximum atomic E-state index is 10.1. The van der Waals surface area contributed by atoms with Crippen LogP contribution in [0, 0.1) is 6.92 Å². The predicted octanol–water partition coefficient (Wildman–Crippen LogP) is 2.13. The van der Waals surface area contributed by atoms with Crippen molar-refractivity contribution in [2.45, 2.75) is 19.6 Å². The molecule has 0 spiro atoms. The molecule has 5 heteroatoms. The normalized spacial score (nSPS) is 17.4. The fraction of sp³-hybridized carbons (Fsp3) is 0.214. The van der Waals surface area contributed by atoms with Crippen LogP contribution in [-0.2, 0) is 11.3 Å². The number of pyridine rings is 1. The maximum Gasteiger partial charge on any atom is 0.143 e. The second-order valence-electron chi connectivity index (χ2n) is 4.57. The number of hydrogen-bond acceptors (Lipinski definition) is 5. The lowest BCUT2D eigenvalue weighted by molar-refractivity contribution is 0.0910. The van der Waals surface area contributed by atoms with Crippen molar-refractivity contribution in [3.63, 3.8) is 0 Å². The average Bonchev–Trinajstić information content (AvgIpc) is 2.78. The van der Waals surface area contributed by atoms with Crippen LogP contribution in [0.3, 0.4) is 0 Å². The second-order valence-corrected chi connectivity index (χ2v) is 4.57. The Hall–Kier alpha value is -2.27. The van der Waals surface area contributed by atoms with Gasteiger partial charge in [-0.3, -0.25) is 4.98 Å². The summed E-state index contributed by atoms with van der Waals surface area (Å²) in [5.74, 6) is 0.00814. The summed E-state index contributed by atoms with van der Waals surface area (Å²) in [5.41, 5.74) is 2.47. The monoisotopic (exact) mass is 259 g/mol. The number of ether oxygens (including phenoxy) is 1. The molecule has 0 unspecified atom stereocenters. The molecule has 0 bridgehead atoms. The van der Waals surface area contributed by atoms with Crippen LogP contribution < -0.4 is 0 Å². The van der Waals surface area contributed by atoms with Gasteiger partial charge in [0, 0.05) is 29.0 Å². The molecule has 19 heavy (non-hydrogen) atoms. The molecule has 0 radical (unpaired) electrons. The van der Waals surface area contributed by atoms with Crippen molar-refractivity contribution in [3.8, 4) is 17.2 Å². The van der Waals surface area contributed by atoms with E-state index in [1.54, 1.807) is 19.2 Å². The van der Waals surface area contributed by atoms with Gasteiger partial charge in [0.2, 0.25) is 0 Å². The zero-order valence-electron chi connectivity index (χ0n) is 10.3. The summed E-state index contributed by atoms with van der Waals surface area (Å²) in [5, 5.41) is 29.3. The highest BCUT2D eigenvalue weighted by atomic mass is 16.5. The van der Waals surface area contributed by atoms with E-state index in [1.165, 1.54) is 12.1 Å². The van der Waals surface area contributed by atoms with Crippen LogP contribution in [0.1, 0.15) is 28.5 Å². The molecule has 0 saturated carbocycles. The Morgan fingerprint density at radius 3 is 2.79 bits per heavy atom. The second kappa shape index (κ2) is 4.13. The Balaban J connectivity index is 2.14. The lowest BCUT2D eigenvalue weighted by Gasteiger charge is -2.15. The van der Waals surface area contributed by atoms with Crippen molar-refractivity contribution in [1.82, 2.24) is 4.98 Å². The van der Waals surface area contributed by atoms with Crippen molar-refractivity contribution in [2.75, 3.05) is 0 Å². The van der Waals surface area contributed by atoms with E-state index in [0.29, 0.717) is 23.4 Å². The highest BCUT2D eigenvalue weighted by Gasteiger charge is 2.31. The first-order valence-electron chi connectivity index (χ1n) is 5.88. The number of aromatic nitrogens is 1. The molecule has 2 heterocycles. The molecule has 98 valence electrons. The summed E-state index contributed by atoms with van der Waals surface area (Å²) in [6.45, 7) is 2.04. The number of rotatable bonds is 1. The largest absolute Gasteiger partial charge is 0.508 e. The van der Waals surface area contributed by atoms with Gasteiger partial charge in [-0.15, -0.1) is 0 Å². The lowest BCUT2D eigenvalue weighted by Crippen LogP contribution is -2.00. The van der Waals surface area contributed by atoms with E-state index in [2.05, 4.69) is 4.98 Å². The summed E-state index contributed by atoms with van der Waals surface area (Å²) >= 11 is 0. The van der Waals surface area contributed by atoms with Gasteiger partial charge in [-0.05, 0) is 19.1 Å². The summed E-state index contributed by atoms with van der Waals surface area (Å²) in [7, 11) is 0. The van der Waals surface area contributed by atoms with Crippen molar-refractivity contribution in [2.24, 2.45) is 0 Å². The highest BCUT2D eigenvalue weighted by Crippen LogP contribution is 2.44. The molecule has 1 aliphatic heterocycles. The van der Waals surface area contributed by atoms with E-state index in [-0.39, 0.29) is 17.2 Å². The van der Waals surface area contributed by atoms with Crippen molar-refractivity contribution in [1.29, 1.82) is 0 Å². The van der Waals surface area contributed by atoms with Crippen LogP contribution >= 0.6 is 0 Å². The zero-order valence-corrected chi connectivity index (χ0v) is 10.3. The summed E-state index contributed by atoms with van der Waals surface area (Å²) in [6, 6.07) is 4.31. The molecule has 3 rings (SSSR count). The van der Waals surface area contributed by atoms with Crippen LogP contribution in [0.25, 0.3) is 0 Å². The van der Waals surface area contributed by atoms with Crippen molar-refractivity contribution >= 4 is 0 Å². The Morgan fingerprint density at radius 2 is 2.05 bits per heavy atom. The molecule has 0 saturated heterocycles. The minimum atomic E-state index is -0.544. The first-order valence-corrected chi connectivity index (χ1v) is 5.88. The van der Waals surface area contributed by atoms with Crippen LogP contribution in [0.5, 0.6) is 17.2 Å². The fourth-order valence-corrected chi connectivity index (χ4v) is 2.32. The Morgan fingerprint density at radius 1 is 1.26 bits per heavy atom. The Labute approximate surface area is 109 Å². The third-order valence-electron chi connectivity index (χ3n) is 3.32. The number of phenols is 2. The van der Waals surface area contributed by atoms with Crippen molar-refractivity contribution in [3.05, 3.63) is 46.8 Å². The van der Waals surface area contributed by atoms with Crippen LogP contribution in [-0.4, -0.2) is 20.3 Å². The molecule has 2 aromatic rings. The molecule has 1 aromatic carbocycles. The number of aryl methyl sites for hydroxylation is 1. The van der Waals surface area contributed by atoms with E-state index < -0.39 is 6.10 Å². The van der Waals surface area contributed by atoms with E-state index in [9.17, 15) is 15.3 Å². The Kier molecular flexibility index (Phi) is 2.57. The molecular formula is C14H13NO4. The number of hydrogen-bond donors (Lipinski definition) is 3. The number of aromatic hydroxyl groups is 3. The van der Waals surface area contributed by atoms with Gasteiger partial charge in [0.05, 0.1) is 12.3 Å². The molecule has 0 fully saturated rings. The van der Waals surface area contributed by atoms with Crippen LogP contribution in [0.2, 0.25) is 0 Å². The van der Waals surface area contributed by atoms with Crippen molar-refractivity contribution < 1.29 is 20.1 Å². The van der Waals surface area contributed by atoms with Gasteiger partial charge in [-0.2, -0.15) is 0 Å². The molecule has 5 nitrogen and oxygen atoms in total. The van der Waals surface area contributed by atoms with Gasteiger partial charge >= 0.3 is 0 Å². The highest BCUT2D eigenvalue weighted by molar-refractivity contribution is 5.51. The predicted molar refractivity (Wildman–Crippen MR) is 67.0 cm³/mol. The van der Waals surface area contributed by atoms with Gasteiger partial charge in [-0.25, -0.2) is 0 Å². The molecule has 1 aromatic heterocycles. The molecule has 1 aliphatic rings. The minimum Gasteiger partial charge on any atom is -0.508 e. The van der Waals surface area contributed by atoms with E-state index in [4.69, 9.17) is 4.74 Å². The summed E-state index contributed by atoms with van der Waals surface area (Å²) in [4.78, 5) is 4.08. The fourth-order valence-electron chi connectivity index (χ4n) is 2.32. The third kappa shape index (κ3) is 1.79. The third-order valence-corrected chi connectivity index (χ3v) is 3.32. The minimum absolute atomic E-state index is 0.0189. The summed E-state index contributed by atoms with van der Waals surface area (Å²) in [6.07, 6.45) is 1.12. The smallest absolute Gasteiger partial charge is 0.143 e. The molecule has 0 aliphatic carbocycles. The number of nitrogens with zero attached hydrogens (tertiary/aromatic N) is 1. The molecular weight excluding hydrogens is 246 g/mol.